The van der Waals surface area contributed by atoms with Gasteiger partial charge in [0.25, 0.3) is 0 Å². The van der Waals surface area contributed by atoms with E-state index in [-0.39, 0.29) is 12.3 Å². The minimum absolute atomic E-state index is 0.0697. The molecule has 1 unspecified atom stereocenters. The Morgan fingerprint density at radius 1 is 1.44 bits per heavy atom. The fourth-order valence-electron chi connectivity index (χ4n) is 1.91. The van der Waals surface area contributed by atoms with Crippen LogP contribution in [0.4, 0.5) is 0 Å². The number of carboxylic acid groups (broad SMARTS) is 1. The summed E-state index contributed by atoms with van der Waals surface area (Å²) in [5.74, 6) is -1.02. The molecule has 0 aromatic carbocycles. The van der Waals surface area contributed by atoms with Gasteiger partial charge in [0.15, 0.2) is 0 Å². The molecule has 1 aromatic rings. The molecule has 18 heavy (non-hydrogen) atoms. The molecule has 6 nitrogen and oxygen atoms in total. The van der Waals surface area contributed by atoms with Crippen molar-refractivity contribution in [2.24, 2.45) is 0 Å². The van der Waals surface area contributed by atoms with E-state index in [4.69, 9.17) is 5.11 Å². The first kappa shape index (κ1) is 14.2. The number of aliphatic carboxylic acids is 1. The first-order valence-electron chi connectivity index (χ1n) is 5.92. The van der Waals surface area contributed by atoms with Crippen LogP contribution in [0.25, 0.3) is 0 Å². The number of nitrogens with one attached hydrogen (secondary N) is 1. The zero-order valence-electron chi connectivity index (χ0n) is 11.1. The maximum atomic E-state index is 11.8. The molecule has 0 aliphatic carbocycles. The van der Waals surface area contributed by atoms with E-state index < -0.39 is 12.0 Å². The minimum Gasteiger partial charge on any atom is -0.481 e. The van der Waals surface area contributed by atoms with Gasteiger partial charge in [0.05, 0.1) is 12.1 Å². The summed E-state index contributed by atoms with van der Waals surface area (Å²) in [6, 6.07) is -0.439. The van der Waals surface area contributed by atoms with Gasteiger partial charge in [0, 0.05) is 17.8 Å². The van der Waals surface area contributed by atoms with E-state index in [0.717, 1.165) is 5.69 Å². The van der Waals surface area contributed by atoms with Gasteiger partial charge >= 0.3 is 5.97 Å². The van der Waals surface area contributed by atoms with Crippen molar-refractivity contribution in [1.82, 2.24) is 15.1 Å². The zero-order chi connectivity index (χ0) is 13.9. The van der Waals surface area contributed by atoms with Crippen LogP contribution in [0.3, 0.4) is 0 Å². The fourth-order valence-corrected chi connectivity index (χ4v) is 1.91. The summed E-state index contributed by atoms with van der Waals surface area (Å²) in [5.41, 5.74) is 2.07. The summed E-state index contributed by atoms with van der Waals surface area (Å²) in [6.45, 7) is 7.70. The SMILES string of the molecule is CCNC(=O)C(C)n1nc(C)c(CC(=O)O)c1C. The van der Waals surface area contributed by atoms with Gasteiger partial charge in [-0.15, -0.1) is 0 Å². The summed E-state index contributed by atoms with van der Waals surface area (Å²) in [4.78, 5) is 22.5. The Kier molecular flexibility index (Phi) is 4.47. The lowest BCUT2D eigenvalue weighted by Crippen LogP contribution is -2.31. The summed E-state index contributed by atoms with van der Waals surface area (Å²) < 4.78 is 1.58. The number of rotatable bonds is 5. The van der Waals surface area contributed by atoms with Crippen LogP contribution in [0, 0.1) is 13.8 Å². The highest BCUT2D eigenvalue weighted by Gasteiger charge is 2.21. The van der Waals surface area contributed by atoms with Crippen molar-refractivity contribution in [1.29, 1.82) is 0 Å². The lowest BCUT2D eigenvalue weighted by molar-refractivity contribution is -0.136. The normalized spacial score (nSPS) is 12.2. The molecule has 0 radical (unpaired) electrons. The molecule has 1 rings (SSSR count). The predicted molar refractivity (Wildman–Crippen MR) is 66.4 cm³/mol. The van der Waals surface area contributed by atoms with Crippen molar-refractivity contribution in [2.75, 3.05) is 6.54 Å². The van der Waals surface area contributed by atoms with Crippen LogP contribution in [-0.2, 0) is 16.0 Å². The third kappa shape index (κ3) is 2.88. The summed E-state index contributed by atoms with van der Waals surface area (Å²) in [6.07, 6.45) is -0.0697. The van der Waals surface area contributed by atoms with Crippen LogP contribution < -0.4 is 5.32 Å². The molecule has 0 saturated heterocycles. The van der Waals surface area contributed by atoms with Gasteiger partial charge < -0.3 is 10.4 Å². The number of hydrogen-bond acceptors (Lipinski definition) is 3. The Morgan fingerprint density at radius 3 is 2.56 bits per heavy atom. The number of amides is 1. The van der Waals surface area contributed by atoms with Crippen LogP contribution in [0.2, 0.25) is 0 Å². The number of nitrogens with zero attached hydrogens (tertiary/aromatic N) is 2. The average Bonchev–Trinajstić information content (AvgIpc) is 2.56. The van der Waals surface area contributed by atoms with E-state index in [0.29, 0.717) is 17.8 Å². The van der Waals surface area contributed by atoms with E-state index in [2.05, 4.69) is 10.4 Å². The van der Waals surface area contributed by atoms with Crippen molar-refractivity contribution < 1.29 is 14.7 Å². The second kappa shape index (κ2) is 5.66. The largest absolute Gasteiger partial charge is 0.481 e. The molecule has 1 aromatic heterocycles. The first-order valence-corrected chi connectivity index (χ1v) is 5.92. The van der Waals surface area contributed by atoms with Gasteiger partial charge in [-0.3, -0.25) is 14.3 Å². The molecular weight excluding hydrogens is 234 g/mol. The highest BCUT2D eigenvalue weighted by atomic mass is 16.4. The number of aryl methyl sites for hydroxylation is 1. The average molecular weight is 253 g/mol. The van der Waals surface area contributed by atoms with Crippen molar-refractivity contribution in [2.45, 2.75) is 40.2 Å². The van der Waals surface area contributed by atoms with Crippen molar-refractivity contribution in [3.63, 3.8) is 0 Å². The van der Waals surface area contributed by atoms with Gasteiger partial charge in [0.2, 0.25) is 5.91 Å². The molecule has 0 bridgehead atoms. The Bertz CT molecular complexity index is 465. The molecule has 2 N–H and O–H groups in total. The summed E-state index contributed by atoms with van der Waals surface area (Å²) in [7, 11) is 0. The Morgan fingerprint density at radius 2 is 2.06 bits per heavy atom. The molecule has 6 heteroatoms. The molecule has 1 heterocycles. The third-order valence-electron chi connectivity index (χ3n) is 2.90. The molecule has 0 aliphatic heterocycles. The second-order valence-electron chi connectivity index (χ2n) is 4.24. The van der Waals surface area contributed by atoms with Crippen LogP contribution in [0.15, 0.2) is 0 Å². The monoisotopic (exact) mass is 253 g/mol. The van der Waals surface area contributed by atoms with Crippen LogP contribution in [-0.4, -0.2) is 33.3 Å². The lowest BCUT2D eigenvalue weighted by atomic mass is 10.1. The highest BCUT2D eigenvalue weighted by Crippen LogP contribution is 2.18. The van der Waals surface area contributed by atoms with E-state index in [1.54, 1.807) is 25.5 Å². The van der Waals surface area contributed by atoms with Crippen molar-refractivity contribution >= 4 is 11.9 Å². The Hall–Kier alpha value is -1.85. The maximum absolute atomic E-state index is 11.8. The van der Waals surface area contributed by atoms with Crippen LogP contribution in [0.1, 0.15) is 36.8 Å². The van der Waals surface area contributed by atoms with Gasteiger partial charge in [-0.1, -0.05) is 0 Å². The first-order chi connectivity index (χ1) is 8.38. The number of hydrogen-bond donors (Lipinski definition) is 2. The molecule has 0 saturated carbocycles. The second-order valence-corrected chi connectivity index (χ2v) is 4.24. The lowest BCUT2D eigenvalue weighted by Gasteiger charge is -2.13. The Balaban J connectivity index is 3.04. The molecule has 0 aliphatic rings. The highest BCUT2D eigenvalue weighted by molar-refractivity contribution is 5.80. The molecule has 100 valence electrons. The van der Waals surface area contributed by atoms with E-state index >= 15 is 0 Å². The van der Waals surface area contributed by atoms with Crippen LogP contribution in [0.5, 0.6) is 0 Å². The van der Waals surface area contributed by atoms with E-state index in [1.807, 2.05) is 6.92 Å². The summed E-state index contributed by atoms with van der Waals surface area (Å²) >= 11 is 0. The quantitative estimate of drug-likeness (QED) is 0.813. The number of aromatic nitrogens is 2. The fraction of sp³-hybridized carbons (Fsp3) is 0.583. The standard InChI is InChI=1S/C12H19N3O3/c1-5-13-12(18)9(4)15-8(3)10(6-11(16)17)7(2)14-15/h9H,5-6H2,1-4H3,(H,13,18)(H,16,17). The van der Waals surface area contributed by atoms with Crippen LogP contribution >= 0.6 is 0 Å². The molecule has 0 spiro atoms. The predicted octanol–water partition coefficient (Wildman–Crippen LogP) is 0.824. The molecule has 1 amide bonds. The van der Waals surface area contributed by atoms with Gasteiger partial charge in [-0.25, -0.2) is 0 Å². The molecule has 1 atom stereocenters. The van der Waals surface area contributed by atoms with E-state index in [1.165, 1.54) is 0 Å². The van der Waals surface area contributed by atoms with Gasteiger partial charge in [0.1, 0.15) is 6.04 Å². The summed E-state index contributed by atoms with van der Waals surface area (Å²) in [5, 5.41) is 15.8. The number of carboxylic acids is 1. The number of carbonyl (C=O) groups is 2. The molecule has 0 fully saturated rings. The number of carbonyl (C=O) groups excluding carboxylic acids is 1. The van der Waals surface area contributed by atoms with E-state index in [9.17, 15) is 9.59 Å². The van der Waals surface area contributed by atoms with Crippen molar-refractivity contribution in [3.8, 4) is 0 Å². The van der Waals surface area contributed by atoms with Crippen molar-refractivity contribution in [3.05, 3.63) is 17.0 Å². The van der Waals surface area contributed by atoms with Gasteiger partial charge in [-0.05, 0) is 27.7 Å². The topological polar surface area (TPSA) is 84.2 Å². The zero-order valence-corrected chi connectivity index (χ0v) is 11.1. The maximum Gasteiger partial charge on any atom is 0.307 e. The smallest absolute Gasteiger partial charge is 0.307 e. The Labute approximate surface area is 106 Å². The minimum atomic E-state index is -0.897. The third-order valence-corrected chi connectivity index (χ3v) is 2.90. The number of likely N-dealkylation sites (N-methyl/N-ethyl adjacent to an activating group) is 1. The van der Waals surface area contributed by atoms with Gasteiger partial charge in [-0.2, -0.15) is 5.10 Å². The molecular formula is C12H19N3O3.